The number of benzene rings is 1. The molecular formula is C12H12ClF2NO. The van der Waals surface area contributed by atoms with Gasteiger partial charge in [-0.2, -0.15) is 0 Å². The van der Waals surface area contributed by atoms with Crippen molar-refractivity contribution in [3.05, 3.63) is 35.4 Å². The molecule has 5 heteroatoms. The summed E-state index contributed by atoms with van der Waals surface area (Å²) in [6, 6.07) is 2.82. The lowest BCUT2D eigenvalue weighted by Crippen LogP contribution is -2.55. The zero-order valence-electron chi connectivity index (χ0n) is 9.10. The van der Waals surface area contributed by atoms with Crippen LogP contribution < -0.4 is 5.32 Å². The quantitative estimate of drug-likeness (QED) is 0.831. The Kier molecular flexibility index (Phi) is 3.33. The van der Waals surface area contributed by atoms with Gasteiger partial charge < -0.3 is 5.32 Å². The van der Waals surface area contributed by atoms with Gasteiger partial charge in [0.2, 0.25) is 0 Å². The zero-order chi connectivity index (χ0) is 12.5. The van der Waals surface area contributed by atoms with E-state index in [-0.39, 0.29) is 11.4 Å². The molecule has 1 amide bonds. The summed E-state index contributed by atoms with van der Waals surface area (Å²) in [5.41, 5.74) is -0.724. The van der Waals surface area contributed by atoms with Gasteiger partial charge in [-0.05, 0) is 37.5 Å². The largest absolute Gasteiger partial charge is 0.345 e. The van der Waals surface area contributed by atoms with E-state index in [9.17, 15) is 13.6 Å². The van der Waals surface area contributed by atoms with E-state index in [4.69, 9.17) is 11.6 Å². The molecule has 0 bridgehead atoms. The Labute approximate surface area is 103 Å². The Morgan fingerprint density at radius 1 is 1.41 bits per heavy atom. The Morgan fingerprint density at radius 3 is 2.65 bits per heavy atom. The summed E-state index contributed by atoms with van der Waals surface area (Å²) in [5, 5.41) is 2.69. The number of rotatable bonds is 3. The van der Waals surface area contributed by atoms with Gasteiger partial charge in [-0.3, -0.25) is 4.79 Å². The van der Waals surface area contributed by atoms with Crippen LogP contribution in [0.4, 0.5) is 8.78 Å². The summed E-state index contributed by atoms with van der Waals surface area (Å²) in [5.74, 6) is -1.68. The molecule has 0 aliphatic heterocycles. The average molecular weight is 260 g/mol. The van der Waals surface area contributed by atoms with E-state index in [2.05, 4.69) is 5.32 Å². The second-order valence-electron chi connectivity index (χ2n) is 4.35. The number of hydrogen-bond acceptors (Lipinski definition) is 1. The minimum absolute atomic E-state index is 0.276. The topological polar surface area (TPSA) is 29.1 Å². The molecule has 0 heterocycles. The number of carbonyl (C=O) groups excluding carboxylic acids is 1. The van der Waals surface area contributed by atoms with Gasteiger partial charge >= 0.3 is 0 Å². The van der Waals surface area contributed by atoms with Crippen LogP contribution in [-0.4, -0.2) is 17.3 Å². The summed E-state index contributed by atoms with van der Waals surface area (Å²) >= 11 is 5.78. The Hall–Kier alpha value is -1.16. The van der Waals surface area contributed by atoms with Crippen molar-refractivity contribution >= 4 is 17.5 Å². The highest BCUT2D eigenvalue weighted by Gasteiger charge is 2.38. The van der Waals surface area contributed by atoms with E-state index in [1.54, 1.807) is 0 Å². The fourth-order valence-electron chi connectivity index (χ4n) is 1.88. The van der Waals surface area contributed by atoms with Crippen molar-refractivity contribution in [1.29, 1.82) is 0 Å². The van der Waals surface area contributed by atoms with Crippen LogP contribution in [0.15, 0.2) is 18.2 Å². The predicted molar refractivity (Wildman–Crippen MR) is 61.1 cm³/mol. The summed E-state index contributed by atoms with van der Waals surface area (Å²) in [6.45, 7) is 0. The highest BCUT2D eigenvalue weighted by Crippen LogP contribution is 2.33. The summed E-state index contributed by atoms with van der Waals surface area (Å²) < 4.78 is 26.3. The lowest BCUT2D eigenvalue weighted by Gasteiger charge is -2.41. The van der Waals surface area contributed by atoms with E-state index in [1.807, 2.05) is 0 Å². The number of hydrogen-bond donors (Lipinski definition) is 1. The highest BCUT2D eigenvalue weighted by molar-refractivity contribution is 6.19. The molecule has 1 aromatic carbocycles. The maximum absolute atomic E-state index is 13.4. The molecule has 1 saturated carbocycles. The van der Waals surface area contributed by atoms with Gasteiger partial charge in [-0.15, -0.1) is 11.6 Å². The van der Waals surface area contributed by atoms with Crippen LogP contribution in [0.2, 0.25) is 0 Å². The lowest BCUT2D eigenvalue weighted by atomic mass is 9.78. The van der Waals surface area contributed by atoms with Gasteiger partial charge in [0.05, 0.1) is 11.1 Å². The second-order valence-corrected chi connectivity index (χ2v) is 4.61. The lowest BCUT2D eigenvalue weighted by molar-refractivity contribution is 0.0849. The molecule has 17 heavy (non-hydrogen) atoms. The summed E-state index contributed by atoms with van der Waals surface area (Å²) in [7, 11) is 0. The molecule has 92 valence electrons. The molecule has 1 aromatic rings. The first kappa shape index (κ1) is 12.3. The smallest absolute Gasteiger partial charge is 0.254 e. The third-order valence-electron chi connectivity index (χ3n) is 3.12. The summed E-state index contributed by atoms with van der Waals surface area (Å²) in [4.78, 5) is 11.8. The standard InChI is InChI=1S/C12H12ClF2NO/c13-7-12(4-1-5-12)16-11(17)9-6-8(14)2-3-10(9)15/h2-3,6H,1,4-5,7H2,(H,16,17). The van der Waals surface area contributed by atoms with Gasteiger partial charge in [0, 0.05) is 5.88 Å². The van der Waals surface area contributed by atoms with Gasteiger partial charge in [0.15, 0.2) is 0 Å². The minimum Gasteiger partial charge on any atom is -0.345 e. The van der Waals surface area contributed by atoms with E-state index >= 15 is 0 Å². The Bertz CT molecular complexity index is 441. The molecule has 0 spiro atoms. The molecule has 0 aromatic heterocycles. The van der Waals surface area contributed by atoms with Crippen LogP contribution in [0.25, 0.3) is 0 Å². The van der Waals surface area contributed by atoms with Crippen molar-refractivity contribution in [1.82, 2.24) is 5.32 Å². The SMILES string of the molecule is O=C(NC1(CCl)CCC1)c1cc(F)ccc1F. The normalized spacial score (nSPS) is 17.4. The van der Waals surface area contributed by atoms with Crippen molar-refractivity contribution in [3.8, 4) is 0 Å². The molecule has 2 rings (SSSR count). The van der Waals surface area contributed by atoms with Crippen LogP contribution in [0.5, 0.6) is 0 Å². The molecule has 0 radical (unpaired) electrons. The van der Waals surface area contributed by atoms with E-state index < -0.39 is 23.1 Å². The van der Waals surface area contributed by atoms with Crippen LogP contribution in [0.3, 0.4) is 0 Å². The first-order chi connectivity index (χ1) is 8.06. The molecule has 1 N–H and O–H groups in total. The van der Waals surface area contributed by atoms with E-state index in [0.29, 0.717) is 0 Å². The predicted octanol–water partition coefficient (Wildman–Crippen LogP) is 2.86. The van der Waals surface area contributed by atoms with E-state index in [0.717, 1.165) is 37.5 Å². The molecular weight excluding hydrogens is 248 g/mol. The van der Waals surface area contributed by atoms with Gasteiger partial charge in [0.1, 0.15) is 11.6 Å². The van der Waals surface area contributed by atoms with E-state index in [1.165, 1.54) is 0 Å². The molecule has 1 aliphatic carbocycles. The zero-order valence-corrected chi connectivity index (χ0v) is 9.86. The van der Waals surface area contributed by atoms with Crippen molar-refractivity contribution in [3.63, 3.8) is 0 Å². The minimum atomic E-state index is -0.729. The molecule has 2 nitrogen and oxygen atoms in total. The first-order valence-electron chi connectivity index (χ1n) is 5.40. The van der Waals surface area contributed by atoms with Crippen LogP contribution in [0, 0.1) is 11.6 Å². The molecule has 1 aliphatic rings. The maximum Gasteiger partial charge on any atom is 0.254 e. The number of carbonyl (C=O) groups is 1. The van der Waals surface area contributed by atoms with Crippen molar-refractivity contribution in [2.45, 2.75) is 24.8 Å². The molecule has 0 unspecified atom stereocenters. The average Bonchev–Trinajstić information content (AvgIpc) is 2.26. The van der Waals surface area contributed by atoms with Gasteiger partial charge in [0.25, 0.3) is 5.91 Å². The first-order valence-corrected chi connectivity index (χ1v) is 5.93. The van der Waals surface area contributed by atoms with Crippen LogP contribution in [-0.2, 0) is 0 Å². The monoisotopic (exact) mass is 259 g/mol. The maximum atomic E-state index is 13.4. The fourth-order valence-corrected chi connectivity index (χ4v) is 2.21. The van der Waals surface area contributed by atoms with Crippen molar-refractivity contribution < 1.29 is 13.6 Å². The van der Waals surface area contributed by atoms with Gasteiger partial charge in [-0.1, -0.05) is 0 Å². The van der Waals surface area contributed by atoms with Crippen molar-refractivity contribution in [2.75, 3.05) is 5.88 Å². The number of halogens is 3. The second kappa shape index (κ2) is 4.61. The molecule has 0 saturated heterocycles. The highest BCUT2D eigenvalue weighted by atomic mass is 35.5. The van der Waals surface area contributed by atoms with Gasteiger partial charge in [-0.25, -0.2) is 8.78 Å². The third kappa shape index (κ3) is 2.41. The van der Waals surface area contributed by atoms with Crippen molar-refractivity contribution in [2.24, 2.45) is 0 Å². The summed E-state index contributed by atoms with van der Waals surface area (Å²) in [6.07, 6.45) is 2.54. The third-order valence-corrected chi connectivity index (χ3v) is 3.63. The van der Waals surface area contributed by atoms with Crippen LogP contribution >= 0.6 is 11.6 Å². The Balaban J connectivity index is 2.17. The number of nitrogens with one attached hydrogen (secondary N) is 1. The number of alkyl halides is 1. The number of amides is 1. The van der Waals surface area contributed by atoms with Crippen LogP contribution in [0.1, 0.15) is 29.6 Å². The molecule has 0 atom stereocenters. The Morgan fingerprint density at radius 2 is 2.12 bits per heavy atom. The molecule has 1 fully saturated rings. The fraction of sp³-hybridized carbons (Fsp3) is 0.417.